The van der Waals surface area contributed by atoms with Gasteiger partial charge in [0.05, 0.1) is 12.1 Å². The first-order chi connectivity index (χ1) is 12.1. The molecule has 1 aliphatic carbocycles. The highest BCUT2D eigenvalue weighted by Gasteiger charge is 2.52. The summed E-state index contributed by atoms with van der Waals surface area (Å²) in [6.07, 6.45) is 8.58. The molecule has 1 saturated heterocycles. The molecule has 1 aromatic heterocycles. The lowest BCUT2D eigenvalue weighted by atomic mass is 9.71. The van der Waals surface area contributed by atoms with Crippen molar-refractivity contribution in [3.63, 3.8) is 0 Å². The van der Waals surface area contributed by atoms with Crippen LogP contribution in [0.5, 0.6) is 0 Å². The number of fused-ring (bicyclic) bond motifs is 3. The minimum Gasteiger partial charge on any atom is -0.392 e. The van der Waals surface area contributed by atoms with Crippen molar-refractivity contribution in [1.29, 1.82) is 0 Å². The normalized spacial score (nSPS) is 35.5. The third-order valence-corrected chi connectivity index (χ3v) is 6.25. The first-order valence-corrected chi connectivity index (χ1v) is 9.50. The Labute approximate surface area is 149 Å². The van der Waals surface area contributed by atoms with Gasteiger partial charge in [0.15, 0.2) is 0 Å². The van der Waals surface area contributed by atoms with E-state index in [2.05, 4.69) is 44.3 Å². The Morgan fingerprint density at radius 3 is 2.96 bits per heavy atom. The summed E-state index contributed by atoms with van der Waals surface area (Å²) < 4.78 is 0. The lowest BCUT2D eigenvalue weighted by Crippen LogP contribution is -2.51. The van der Waals surface area contributed by atoms with Crippen LogP contribution < -0.4 is 16.3 Å². The van der Waals surface area contributed by atoms with E-state index in [4.69, 9.17) is 0 Å². The highest BCUT2D eigenvalue weighted by molar-refractivity contribution is 5.68. The molecule has 7 heteroatoms. The fourth-order valence-electron chi connectivity index (χ4n) is 4.78. The average molecular weight is 346 g/mol. The molecule has 25 heavy (non-hydrogen) atoms. The summed E-state index contributed by atoms with van der Waals surface area (Å²) in [6.45, 7) is 5.85. The molecule has 1 saturated carbocycles. The van der Waals surface area contributed by atoms with Gasteiger partial charge in [-0.1, -0.05) is 0 Å². The largest absolute Gasteiger partial charge is 0.392 e. The van der Waals surface area contributed by atoms with Gasteiger partial charge in [-0.3, -0.25) is 5.01 Å². The van der Waals surface area contributed by atoms with Crippen LogP contribution in [0.25, 0.3) is 0 Å². The van der Waals surface area contributed by atoms with Gasteiger partial charge < -0.3 is 15.4 Å². The summed E-state index contributed by atoms with van der Waals surface area (Å²) in [5.41, 5.74) is 8.00. The van der Waals surface area contributed by atoms with Gasteiger partial charge in [0.2, 0.25) is 0 Å². The Morgan fingerprint density at radius 1 is 1.40 bits per heavy atom. The fraction of sp³-hybridized carbons (Fsp3) is 0.722. The zero-order chi connectivity index (χ0) is 17.4. The summed E-state index contributed by atoms with van der Waals surface area (Å²) in [5.74, 6) is 2.35. The highest BCUT2D eigenvalue weighted by Crippen LogP contribution is 2.45. The van der Waals surface area contributed by atoms with Crippen LogP contribution in [-0.4, -0.2) is 46.7 Å². The lowest BCUT2D eigenvalue weighted by Gasteiger charge is -2.42. The molecule has 5 N–H and O–H groups in total. The fourth-order valence-corrected chi connectivity index (χ4v) is 4.78. The standard InChI is InChI=1S/C18H30N6O/c1-12(25)9-19-10-13-3-5-14(6-4-13)16-18(2)15-7-8-20-17(15)21-11-24(18)23-22-16/h7-8,11-14,16,19-20,22-23,25H,3-6,9-10H2,1-2H3. The summed E-state index contributed by atoms with van der Waals surface area (Å²) >= 11 is 0. The molecular formula is C18H30N6O. The summed E-state index contributed by atoms with van der Waals surface area (Å²) in [6, 6.07) is 2.52. The van der Waals surface area contributed by atoms with Crippen LogP contribution in [-0.2, 0) is 5.54 Å². The van der Waals surface area contributed by atoms with Crippen LogP contribution >= 0.6 is 0 Å². The SMILES string of the molecule is CC(O)CNCC1CCC(C2NNN3C=Nc4[nH]ccc4C23C)CC1. The number of aliphatic hydroxyl groups excluding tert-OH is 1. The number of nitrogens with zero attached hydrogens (tertiary/aromatic N) is 2. The van der Waals surface area contributed by atoms with E-state index in [1.807, 2.05) is 19.5 Å². The maximum absolute atomic E-state index is 9.37. The van der Waals surface area contributed by atoms with E-state index in [9.17, 15) is 5.11 Å². The van der Waals surface area contributed by atoms with E-state index < -0.39 is 0 Å². The maximum atomic E-state index is 9.37. The van der Waals surface area contributed by atoms with E-state index in [-0.39, 0.29) is 11.6 Å². The molecule has 138 valence electrons. The topological polar surface area (TPSA) is 87.7 Å². The summed E-state index contributed by atoms with van der Waals surface area (Å²) in [5, 5.41) is 14.9. The second-order valence-corrected chi connectivity index (χ2v) is 8.02. The van der Waals surface area contributed by atoms with Gasteiger partial charge in [-0.25, -0.2) is 10.4 Å². The molecule has 1 aromatic rings. The highest BCUT2D eigenvalue weighted by atomic mass is 16.3. The molecule has 3 atom stereocenters. The van der Waals surface area contributed by atoms with Crippen molar-refractivity contribution < 1.29 is 5.11 Å². The monoisotopic (exact) mass is 346 g/mol. The van der Waals surface area contributed by atoms with Crippen molar-refractivity contribution in [1.82, 2.24) is 26.3 Å². The number of aromatic amines is 1. The molecule has 3 unspecified atom stereocenters. The van der Waals surface area contributed by atoms with Gasteiger partial charge in [-0.2, -0.15) is 5.53 Å². The molecular weight excluding hydrogens is 316 g/mol. The minimum atomic E-state index is -0.264. The Kier molecular flexibility index (Phi) is 4.58. The number of aliphatic imine (C=N–C) groups is 1. The van der Waals surface area contributed by atoms with E-state index in [1.54, 1.807) is 0 Å². The number of H-pyrrole nitrogens is 1. The second-order valence-electron chi connectivity index (χ2n) is 8.02. The van der Waals surface area contributed by atoms with Crippen LogP contribution in [0, 0.1) is 11.8 Å². The lowest BCUT2D eigenvalue weighted by molar-refractivity contribution is 0.140. The van der Waals surface area contributed by atoms with Crippen LogP contribution in [0.4, 0.5) is 5.82 Å². The van der Waals surface area contributed by atoms with Crippen LogP contribution in [0.2, 0.25) is 0 Å². The Morgan fingerprint density at radius 2 is 2.20 bits per heavy atom. The molecule has 0 aromatic carbocycles. The van der Waals surface area contributed by atoms with Crippen LogP contribution in [0.15, 0.2) is 17.3 Å². The van der Waals surface area contributed by atoms with Gasteiger partial charge in [-0.05, 0) is 64.0 Å². The third kappa shape index (κ3) is 2.99. The molecule has 0 spiro atoms. The first kappa shape index (κ1) is 17.0. The van der Waals surface area contributed by atoms with Crippen molar-refractivity contribution in [3.8, 4) is 0 Å². The molecule has 4 rings (SSSR count). The number of hydrogen-bond acceptors (Lipinski definition) is 6. The second kappa shape index (κ2) is 6.72. The van der Waals surface area contributed by atoms with Crippen LogP contribution in [0.3, 0.4) is 0 Å². The maximum Gasteiger partial charge on any atom is 0.137 e. The average Bonchev–Trinajstić information content (AvgIpc) is 3.19. The first-order valence-electron chi connectivity index (χ1n) is 9.50. The van der Waals surface area contributed by atoms with Crippen molar-refractivity contribution in [2.75, 3.05) is 13.1 Å². The number of hydrogen-bond donors (Lipinski definition) is 5. The van der Waals surface area contributed by atoms with Gasteiger partial charge in [0.1, 0.15) is 17.7 Å². The Bertz CT molecular complexity index is 621. The van der Waals surface area contributed by atoms with Crippen molar-refractivity contribution in [3.05, 3.63) is 17.8 Å². The molecule has 0 radical (unpaired) electrons. The van der Waals surface area contributed by atoms with E-state index >= 15 is 0 Å². The number of nitrogens with one attached hydrogen (secondary N) is 4. The molecule has 0 bridgehead atoms. The molecule has 7 nitrogen and oxygen atoms in total. The third-order valence-electron chi connectivity index (χ3n) is 6.25. The summed E-state index contributed by atoms with van der Waals surface area (Å²) in [4.78, 5) is 7.74. The molecule has 2 fully saturated rings. The molecule has 3 heterocycles. The zero-order valence-corrected chi connectivity index (χ0v) is 15.1. The van der Waals surface area contributed by atoms with Crippen molar-refractivity contribution >= 4 is 12.2 Å². The van der Waals surface area contributed by atoms with Gasteiger partial charge in [0.25, 0.3) is 0 Å². The van der Waals surface area contributed by atoms with Gasteiger partial charge in [0, 0.05) is 18.3 Å². The minimum absolute atomic E-state index is 0.112. The Hall–Kier alpha value is -1.41. The zero-order valence-electron chi connectivity index (χ0n) is 15.1. The Balaban J connectivity index is 1.40. The molecule has 0 amide bonds. The predicted octanol–water partition coefficient (Wildman–Crippen LogP) is 1.37. The number of aromatic nitrogens is 1. The number of rotatable bonds is 5. The number of hydrazine groups is 2. The van der Waals surface area contributed by atoms with Crippen molar-refractivity contribution in [2.45, 2.75) is 57.2 Å². The smallest absolute Gasteiger partial charge is 0.137 e. The summed E-state index contributed by atoms with van der Waals surface area (Å²) in [7, 11) is 0. The van der Waals surface area contributed by atoms with E-state index in [0.717, 1.165) is 18.3 Å². The van der Waals surface area contributed by atoms with E-state index in [0.29, 0.717) is 18.5 Å². The van der Waals surface area contributed by atoms with Gasteiger partial charge in [-0.15, -0.1) is 0 Å². The van der Waals surface area contributed by atoms with E-state index in [1.165, 1.54) is 31.2 Å². The predicted molar refractivity (Wildman–Crippen MR) is 98.2 cm³/mol. The number of aliphatic hydroxyl groups is 1. The van der Waals surface area contributed by atoms with Crippen LogP contribution in [0.1, 0.15) is 45.1 Å². The van der Waals surface area contributed by atoms with Crippen molar-refractivity contribution in [2.24, 2.45) is 16.8 Å². The molecule has 2 aliphatic heterocycles. The quantitative estimate of drug-likeness (QED) is 0.556. The molecule has 3 aliphatic rings. The van der Waals surface area contributed by atoms with Gasteiger partial charge >= 0.3 is 0 Å².